The largest absolute Gasteiger partial charge is 0.497 e. The molecule has 0 fully saturated rings. The summed E-state index contributed by atoms with van der Waals surface area (Å²) in [5, 5.41) is 3.82. The van der Waals surface area contributed by atoms with Gasteiger partial charge in [0.1, 0.15) is 5.75 Å². The lowest BCUT2D eigenvalue weighted by molar-refractivity contribution is 0.351. The van der Waals surface area contributed by atoms with Crippen molar-refractivity contribution >= 4 is 0 Å². The minimum atomic E-state index is 0.248. The molecule has 2 aromatic carbocycles. The second-order valence-corrected chi connectivity index (χ2v) is 6.13. The third-order valence-corrected chi connectivity index (χ3v) is 4.42. The van der Waals surface area contributed by atoms with Crippen LogP contribution in [-0.4, -0.2) is 13.2 Å². The van der Waals surface area contributed by atoms with Crippen LogP contribution in [0.2, 0.25) is 0 Å². The van der Waals surface area contributed by atoms with E-state index in [1.807, 2.05) is 6.07 Å². The summed E-state index contributed by atoms with van der Waals surface area (Å²) in [7, 11) is 1.72. The Hall–Kier alpha value is -1.80. The van der Waals surface area contributed by atoms with Crippen LogP contribution in [-0.2, 0) is 6.42 Å². The highest BCUT2D eigenvalue weighted by atomic mass is 16.5. The summed E-state index contributed by atoms with van der Waals surface area (Å²) < 4.78 is 5.38. The highest BCUT2D eigenvalue weighted by molar-refractivity contribution is 5.42. The molecule has 110 valence electrons. The molecule has 0 amide bonds. The molecule has 0 aromatic heterocycles. The lowest BCUT2D eigenvalue weighted by atomic mass is 9.83. The Kier molecular flexibility index (Phi) is 3.98. The van der Waals surface area contributed by atoms with Crippen LogP contribution in [0.15, 0.2) is 48.5 Å². The van der Waals surface area contributed by atoms with Crippen molar-refractivity contribution in [1.82, 2.24) is 5.32 Å². The fraction of sp³-hybridized carbons (Fsp3) is 0.368. The number of rotatable bonds is 3. The van der Waals surface area contributed by atoms with Crippen molar-refractivity contribution in [2.45, 2.75) is 32.4 Å². The maximum atomic E-state index is 5.38. The molecule has 2 atom stereocenters. The monoisotopic (exact) mass is 281 g/mol. The molecule has 2 aromatic rings. The predicted octanol–water partition coefficient (Wildman–Crippen LogP) is 3.95. The van der Waals surface area contributed by atoms with Gasteiger partial charge in [-0.05, 0) is 41.2 Å². The molecule has 2 unspecified atom stereocenters. The molecule has 0 saturated carbocycles. The quantitative estimate of drug-likeness (QED) is 0.919. The van der Waals surface area contributed by atoms with Crippen LogP contribution in [0.4, 0.5) is 0 Å². The van der Waals surface area contributed by atoms with Crippen LogP contribution in [0.3, 0.4) is 0 Å². The van der Waals surface area contributed by atoms with Gasteiger partial charge in [-0.3, -0.25) is 0 Å². The highest BCUT2D eigenvalue weighted by Crippen LogP contribution is 2.33. The van der Waals surface area contributed by atoms with Gasteiger partial charge in [-0.15, -0.1) is 0 Å². The Labute approximate surface area is 127 Å². The zero-order chi connectivity index (χ0) is 14.8. The number of ether oxygens (including phenoxy) is 1. The Bertz CT molecular complexity index is 620. The SMILES string of the molecule is COc1cccc(C2NC(C(C)C)Cc3ccccc32)c1. The Morgan fingerprint density at radius 3 is 2.67 bits per heavy atom. The second-order valence-electron chi connectivity index (χ2n) is 6.13. The number of benzene rings is 2. The van der Waals surface area contributed by atoms with Crippen molar-refractivity contribution in [1.29, 1.82) is 0 Å². The van der Waals surface area contributed by atoms with E-state index in [0.717, 1.165) is 12.2 Å². The van der Waals surface area contributed by atoms with Gasteiger partial charge in [0.15, 0.2) is 0 Å². The van der Waals surface area contributed by atoms with E-state index in [1.54, 1.807) is 7.11 Å². The van der Waals surface area contributed by atoms with Gasteiger partial charge in [-0.25, -0.2) is 0 Å². The van der Waals surface area contributed by atoms with E-state index in [0.29, 0.717) is 12.0 Å². The minimum Gasteiger partial charge on any atom is -0.497 e. The molecular weight excluding hydrogens is 258 g/mol. The van der Waals surface area contributed by atoms with Gasteiger partial charge in [0.2, 0.25) is 0 Å². The molecule has 1 N–H and O–H groups in total. The molecule has 0 bridgehead atoms. The number of methoxy groups -OCH3 is 1. The third-order valence-electron chi connectivity index (χ3n) is 4.42. The van der Waals surface area contributed by atoms with Crippen molar-refractivity contribution in [2.75, 3.05) is 7.11 Å². The Morgan fingerprint density at radius 2 is 1.90 bits per heavy atom. The zero-order valence-corrected chi connectivity index (χ0v) is 13.0. The average Bonchev–Trinajstić information content (AvgIpc) is 2.53. The molecular formula is C19H23NO. The first-order valence-corrected chi connectivity index (χ1v) is 7.67. The van der Waals surface area contributed by atoms with Gasteiger partial charge >= 0.3 is 0 Å². The molecule has 0 aliphatic carbocycles. The average molecular weight is 281 g/mol. The Balaban J connectivity index is 2.03. The fourth-order valence-electron chi connectivity index (χ4n) is 3.13. The van der Waals surface area contributed by atoms with E-state index in [4.69, 9.17) is 4.74 Å². The van der Waals surface area contributed by atoms with E-state index in [2.05, 4.69) is 61.6 Å². The Morgan fingerprint density at radius 1 is 1.10 bits per heavy atom. The summed E-state index contributed by atoms with van der Waals surface area (Å²) in [5.41, 5.74) is 4.12. The lowest BCUT2D eigenvalue weighted by Gasteiger charge is -2.35. The van der Waals surface area contributed by atoms with Crippen LogP contribution >= 0.6 is 0 Å². The number of nitrogens with one attached hydrogen (secondary N) is 1. The van der Waals surface area contributed by atoms with Crippen LogP contribution in [0.5, 0.6) is 5.75 Å². The summed E-state index contributed by atoms with van der Waals surface area (Å²) in [6, 6.07) is 17.9. The van der Waals surface area contributed by atoms with E-state index in [-0.39, 0.29) is 6.04 Å². The van der Waals surface area contributed by atoms with Gasteiger partial charge in [0.05, 0.1) is 13.2 Å². The van der Waals surface area contributed by atoms with Crippen LogP contribution in [0, 0.1) is 5.92 Å². The van der Waals surface area contributed by atoms with Crippen molar-refractivity contribution in [3.8, 4) is 5.75 Å². The van der Waals surface area contributed by atoms with E-state index in [1.165, 1.54) is 16.7 Å². The third kappa shape index (κ3) is 2.81. The molecule has 1 aliphatic heterocycles. The normalized spacial score (nSPS) is 21.1. The van der Waals surface area contributed by atoms with Gasteiger partial charge in [0.25, 0.3) is 0 Å². The van der Waals surface area contributed by atoms with Crippen LogP contribution < -0.4 is 10.1 Å². The summed E-state index contributed by atoms with van der Waals surface area (Å²) in [6.07, 6.45) is 1.11. The van der Waals surface area contributed by atoms with Crippen molar-refractivity contribution in [3.63, 3.8) is 0 Å². The zero-order valence-electron chi connectivity index (χ0n) is 13.0. The van der Waals surface area contributed by atoms with Gasteiger partial charge in [0, 0.05) is 6.04 Å². The topological polar surface area (TPSA) is 21.3 Å². The fourth-order valence-corrected chi connectivity index (χ4v) is 3.13. The predicted molar refractivity (Wildman–Crippen MR) is 86.7 cm³/mol. The lowest BCUT2D eigenvalue weighted by Crippen LogP contribution is -2.43. The summed E-state index contributed by atoms with van der Waals surface area (Å²) >= 11 is 0. The maximum absolute atomic E-state index is 5.38. The van der Waals surface area contributed by atoms with Crippen LogP contribution in [0.1, 0.15) is 36.6 Å². The van der Waals surface area contributed by atoms with Gasteiger partial charge in [-0.1, -0.05) is 50.2 Å². The minimum absolute atomic E-state index is 0.248. The first kappa shape index (κ1) is 14.2. The molecule has 1 heterocycles. The second kappa shape index (κ2) is 5.90. The van der Waals surface area contributed by atoms with E-state index < -0.39 is 0 Å². The first-order chi connectivity index (χ1) is 10.2. The van der Waals surface area contributed by atoms with Crippen LogP contribution in [0.25, 0.3) is 0 Å². The van der Waals surface area contributed by atoms with Gasteiger partial charge < -0.3 is 10.1 Å². The van der Waals surface area contributed by atoms with E-state index in [9.17, 15) is 0 Å². The van der Waals surface area contributed by atoms with Crippen molar-refractivity contribution in [2.24, 2.45) is 5.92 Å². The molecule has 21 heavy (non-hydrogen) atoms. The summed E-state index contributed by atoms with van der Waals surface area (Å²) in [6.45, 7) is 4.57. The molecule has 0 saturated heterocycles. The first-order valence-electron chi connectivity index (χ1n) is 7.67. The molecule has 3 rings (SSSR count). The maximum Gasteiger partial charge on any atom is 0.119 e. The van der Waals surface area contributed by atoms with Crippen molar-refractivity contribution < 1.29 is 4.74 Å². The van der Waals surface area contributed by atoms with Gasteiger partial charge in [-0.2, -0.15) is 0 Å². The molecule has 1 aliphatic rings. The standard InChI is InChI=1S/C19H23NO/c1-13(2)18-12-14-7-4-5-10-17(14)19(20-18)15-8-6-9-16(11-15)21-3/h4-11,13,18-20H,12H2,1-3H3. The molecule has 2 nitrogen and oxygen atoms in total. The number of fused-ring (bicyclic) bond motifs is 1. The number of hydrogen-bond donors (Lipinski definition) is 1. The molecule has 0 spiro atoms. The van der Waals surface area contributed by atoms with E-state index >= 15 is 0 Å². The molecule has 2 heteroatoms. The highest BCUT2D eigenvalue weighted by Gasteiger charge is 2.28. The molecule has 0 radical (unpaired) electrons. The summed E-state index contributed by atoms with van der Waals surface area (Å²) in [5.74, 6) is 1.53. The smallest absolute Gasteiger partial charge is 0.119 e. The number of hydrogen-bond acceptors (Lipinski definition) is 2. The summed E-state index contributed by atoms with van der Waals surface area (Å²) in [4.78, 5) is 0. The van der Waals surface area contributed by atoms with Crippen molar-refractivity contribution in [3.05, 3.63) is 65.2 Å².